The van der Waals surface area contributed by atoms with E-state index in [2.05, 4.69) is 22.6 Å². The first kappa shape index (κ1) is 14.8. The number of rotatable bonds is 5. The second kappa shape index (κ2) is 7.85. The number of nitrogens with one attached hydrogen (secondary N) is 2. The van der Waals surface area contributed by atoms with Crippen LogP contribution in [-0.4, -0.2) is 50.1 Å². The maximum atomic E-state index is 11.9. The number of carbonyl (C=O) groups excluding carboxylic acids is 1. The predicted molar refractivity (Wildman–Crippen MR) is 78.1 cm³/mol. The third kappa shape index (κ3) is 5.11. The van der Waals surface area contributed by atoms with Gasteiger partial charge >= 0.3 is 0 Å². The van der Waals surface area contributed by atoms with Crippen molar-refractivity contribution in [2.45, 2.75) is 51.0 Å². The fourth-order valence-corrected chi connectivity index (χ4v) is 3.27. The zero-order valence-corrected chi connectivity index (χ0v) is 12.3. The van der Waals surface area contributed by atoms with Gasteiger partial charge < -0.3 is 15.5 Å². The number of piperazine rings is 1. The second-order valence-corrected chi connectivity index (χ2v) is 6.19. The molecule has 1 aliphatic heterocycles. The molecule has 4 nitrogen and oxygen atoms in total. The summed E-state index contributed by atoms with van der Waals surface area (Å²) in [5.74, 6) is 1.07. The van der Waals surface area contributed by atoms with Crippen LogP contribution in [0.15, 0.2) is 0 Å². The van der Waals surface area contributed by atoms with Gasteiger partial charge in [0.15, 0.2) is 0 Å². The van der Waals surface area contributed by atoms with Crippen LogP contribution in [0.25, 0.3) is 0 Å². The number of hydrogen-bond acceptors (Lipinski definition) is 3. The van der Waals surface area contributed by atoms with E-state index in [0.29, 0.717) is 12.5 Å². The second-order valence-electron chi connectivity index (χ2n) is 6.19. The molecule has 0 aromatic heterocycles. The summed E-state index contributed by atoms with van der Waals surface area (Å²) in [7, 11) is 2.11. The van der Waals surface area contributed by atoms with Crippen LogP contribution in [0.3, 0.4) is 0 Å². The van der Waals surface area contributed by atoms with E-state index in [1.54, 1.807) is 0 Å². The molecule has 2 rings (SSSR count). The van der Waals surface area contributed by atoms with Crippen molar-refractivity contribution < 1.29 is 4.79 Å². The Hall–Kier alpha value is -0.610. The fraction of sp³-hybridized carbons (Fsp3) is 0.933. The molecule has 0 bridgehead atoms. The molecular weight excluding hydrogens is 238 g/mol. The van der Waals surface area contributed by atoms with Crippen LogP contribution >= 0.6 is 0 Å². The molecule has 1 saturated heterocycles. The number of nitrogens with zero attached hydrogens (tertiary/aromatic N) is 1. The monoisotopic (exact) mass is 267 g/mol. The molecule has 1 unspecified atom stereocenters. The van der Waals surface area contributed by atoms with Gasteiger partial charge in [-0.1, -0.05) is 32.1 Å². The summed E-state index contributed by atoms with van der Waals surface area (Å²) in [5, 5.41) is 6.46. The van der Waals surface area contributed by atoms with Gasteiger partial charge in [0.1, 0.15) is 0 Å². The number of carbonyl (C=O) groups is 1. The summed E-state index contributed by atoms with van der Waals surface area (Å²) in [5.41, 5.74) is 0. The van der Waals surface area contributed by atoms with Crippen molar-refractivity contribution in [2.24, 2.45) is 5.92 Å². The lowest BCUT2D eigenvalue weighted by atomic mass is 9.87. The quantitative estimate of drug-likeness (QED) is 0.791. The minimum atomic E-state index is 0.219. The van der Waals surface area contributed by atoms with E-state index in [9.17, 15) is 4.79 Å². The third-order valence-corrected chi connectivity index (χ3v) is 4.67. The molecule has 2 aliphatic rings. The van der Waals surface area contributed by atoms with Crippen molar-refractivity contribution in [1.82, 2.24) is 15.5 Å². The van der Waals surface area contributed by atoms with Crippen LogP contribution < -0.4 is 10.6 Å². The van der Waals surface area contributed by atoms with Crippen molar-refractivity contribution in [3.63, 3.8) is 0 Å². The highest BCUT2D eigenvalue weighted by atomic mass is 16.1. The SMILES string of the molecule is CN1CCNCC1CC(=O)NCCC1CCCCC1. The average Bonchev–Trinajstić information content (AvgIpc) is 2.43. The molecule has 19 heavy (non-hydrogen) atoms. The molecule has 0 aromatic rings. The van der Waals surface area contributed by atoms with Gasteiger partial charge in [0.2, 0.25) is 5.91 Å². The Bertz CT molecular complexity index is 277. The first-order valence-corrected chi connectivity index (χ1v) is 7.93. The van der Waals surface area contributed by atoms with E-state index in [1.165, 1.54) is 38.5 Å². The molecule has 110 valence electrons. The van der Waals surface area contributed by atoms with Crippen LogP contribution in [0.1, 0.15) is 44.9 Å². The lowest BCUT2D eigenvalue weighted by Gasteiger charge is -2.32. The smallest absolute Gasteiger partial charge is 0.221 e. The maximum absolute atomic E-state index is 11.9. The Morgan fingerprint density at radius 2 is 2.11 bits per heavy atom. The summed E-state index contributed by atoms with van der Waals surface area (Å²) < 4.78 is 0. The zero-order chi connectivity index (χ0) is 13.5. The highest BCUT2D eigenvalue weighted by Gasteiger charge is 2.21. The van der Waals surface area contributed by atoms with Gasteiger partial charge in [-0.2, -0.15) is 0 Å². The third-order valence-electron chi connectivity index (χ3n) is 4.67. The topological polar surface area (TPSA) is 44.4 Å². The summed E-state index contributed by atoms with van der Waals surface area (Å²) >= 11 is 0. The summed E-state index contributed by atoms with van der Waals surface area (Å²) in [4.78, 5) is 14.2. The Morgan fingerprint density at radius 3 is 2.84 bits per heavy atom. The summed E-state index contributed by atoms with van der Waals surface area (Å²) in [6, 6.07) is 0.364. The van der Waals surface area contributed by atoms with Gasteiger partial charge in [0.05, 0.1) is 0 Å². The van der Waals surface area contributed by atoms with Crippen LogP contribution in [0, 0.1) is 5.92 Å². The lowest BCUT2D eigenvalue weighted by Crippen LogP contribution is -2.51. The standard InChI is InChI=1S/C15H29N3O/c1-18-10-9-16-12-14(18)11-15(19)17-8-7-13-5-3-2-4-6-13/h13-14,16H,2-12H2,1H3,(H,17,19). The highest BCUT2D eigenvalue weighted by molar-refractivity contribution is 5.76. The van der Waals surface area contributed by atoms with E-state index >= 15 is 0 Å². The van der Waals surface area contributed by atoms with Crippen LogP contribution in [0.5, 0.6) is 0 Å². The molecule has 1 atom stereocenters. The summed E-state index contributed by atoms with van der Waals surface area (Å²) in [6.45, 7) is 3.89. The fourth-order valence-electron chi connectivity index (χ4n) is 3.27. The van der Waals surface area contributed by atoms with Gasteiger partial charge in [-0.25, -0.2) is 0 Å². The number of likely N-dealkylation sites (N-methyl/N-ethyl adjacent to an activating group) is 1. The predicted octanol–water partition coefficient (Wildman–Crippen LogP) is 1.37. The molecule has 4 heteroatoms. The van der Waals surface area contributed by atoms with Crippen molar-refractivity contribution in [3.05, 3.63) is 0 Å². The van der Waals surface area contributed by atoms with Gasteiger partial charge in [0, 0.05) is 38.6 Å². The van der Waals surface area contributed by atoms with Crippen LogP contribution in [-0.2, 0) is 4.79 Å². The molecule has 2 N–H and O–H groups in total. The highest BCUT2D eigenvalue weighted by Crippen LogP contribution is 2.25. The average molecular weight is 267 g/mol. The molecule has 2 fully saturated rings. The molecule has 1 heterocycles. The molecule has 1 amide bonds. The minimum absolute atomic E-state index is 0.219. The lowest BCUT2D eigenvalue weighted by molar-refractivity contribution is -0.122. The molecule has 0 aromatic carbocycles. The van der Waals surface area contributed by atoms with Crippen LogP contribution in [0.2, 0.25) is 0 Å². The molecular formula is C15H29N3O. The van der Waals surface area contributed by atoms with E-state index < -0.39 is 0 Å². The van der Waals surface area contributed by atoms with Crippen molar-refractivity contribution in [1.29, 1.82) is 0 Å². The first-order chi connectivity index (χ1) is 9.25. The van der Waals surface area contributed by atoms with Gasteiger partial charge in [-0.05, 0) is 19.4 Å². The summed E-state index contributed by atoms with van der Waals surface area (Å²) in [6.07, 6.45) is 8.72. The first-order valence-electron chi connectivity index (χ1n) is 7.93. The minimum Gasteiger partial charge on any atom is -0.356 e. The molecule has 1 saturated carbocycles. The van der Waals surface area contributed by atoms with E-state index in [1.807, 2.05) is 0 Å². The van der Waals surface area contributed by atoms with Crippen molar-refractivity contribution >= 4 is 5.91 Å². The molecule has 0 radical (unpaired) electrons. The number of hydrogen-bond donors (Lipinski definition) is 2. The Morgan fingerprint density at radius 1 is 1.32 bits per heavy atom. The Labute approximate surface area is 117 Å². The van der Waals surface area contributed by atoms with Gasteiger partial charge in [-0.15, -0.1) is 0 Å². The molecule has 1 aliphatic carbocycles. The Balaban J connectivity index is 1.58. The zero-order valence-electron chi connectivity index (χ0n) is 12.3. The van der Waals surface area contributed by atoms with E-state index in [4.69, 9.17) is 0 Å². The molecule has 0 spiro atoms. The van der Waals surface area contributed by atoms with Crippen molar-refractivity contribution in [2.75, 3.05) is 33.2 Å². The van der Waals surface area contributed by atoms with Crippen LogP contribution in [0.4, 0.5) is 0 Å². The van der Waals surface area contributed by atoms with Crippen molar-refractivity contribution in [3.8, 4) is 0 Å². The van der Waals surface area contributed by atoms with E-state index in [0.717, 1.165) is 32.1 Å². The van der Waals surface area contributed by atoms with Gasteiger partial charge in [-0.3, -0.25) is 4.79 Å². The Kier molecular flexibility index (Phi) is 6.11. The largest absolute Gasteiger partial charge is 0.356 e. The van der Waals surface area contributed by atoms with Gasteiger partial charge in [0.25, 0.3) is 0 Å². The normalized spacial score (nSPS) is 26.3. The maximum Gasteiger partial charge on any atom is 0.221 e. The number of amides is 1. The van der Waals surface area contributed by atoms with E-state index in [-0.39, 0.29) is 5.91 Å².